The zero-order chi connectivity index (χ0) is 18.7. The van der Waals surface area contributed by atoms with E-state index in [-0.39, 0.29) is 0 Å². The van der Waals surface area contributed by atoms with Crippen LogP contribution in [0.4, 0.5) is 28.8 Å². The van der Waals surface area contributed by atoms with Crippen molar-refractivity contribution in [2.75, 3.05) is 29.6 Å². The first-order valence-corrected chi connectivity index (χ1v) is 8.66. The van der Waals surface area contributed by atoms with Crippen LogP contribution in [-0.2, 0) is 0 Å². The number of aromatic nitrogens is 2. The molecule has 26 heavy (non-hydrogen) atoms. The van der Waals surface area contributed by atoms with E-state index in [0.717, 1.165) is 28.6 Å². The number of benzene rings is 2. The predicted molar refractivity (Wildman–Crippen MR) is 110 cm³/mol. The highest BCUT2D eigenvalue weighted by Crippen LogP contribution is 2.24. The summed E-state index contributed by atoms with van der Waals surface area (Å²) in [6.45, 7) is 6.18. The van der Waals surface area contributed by atoms with Gasteiger partial charge in [0.1, 0.15) is 5.82 Å². The molecule has 0 unspecified atom stereocenters. The molecule has 0 spiro atoms. The minimum atomic E-state index is 0.579. The average molecular weight is 347 g/mol. The maximum Gasteiger partial charge on any atom is 0.229 e. The highest BCUT2D eigenvalue weighted by atomic mass is 15.1. The Labute approximate surface area is 155 Å². The van der Waals surface area contributed by atoms with Gasteiger partial charge in [0, 0.05) is 42.9 Å². The number of rotatable bonds is 5. The lowest BCUT2D eigenvalue weighted by molar-refractivity contribution is 1.10. The third-order valence-electron chi connectivity index (χ3n) is 4.36. The lowest BCUT2D eigenvalue weighted by atomic mass is 10.1. The van der Waals surface area contributed by atoms with E-state index in [0.29, 0.717) is 5.95 Å². The van der Waals surface area contributed by atoms with Gasteiger partial charge in [-0.15, -0.1) is 0 Å². The lowest BCUT2D eigenvalue weighted by Gasteiger charge is -2.14. The van der Waals surface area contributed by atoms with E-state index >= 15 is 0 Å². The highest BCUT2D eigenvalue weighted by molar-refractivity contribution is 5.64. The molecule has 1 aromatic heterocycles. The second-order valence-electron chi connectivity index (χ2n) is 6.66. The summed E-state index contributed by atoms with van der Waals surface area (Å²) in [5, 5.41) is 6.69. The number of hydrogen-bond donors (Lipinski definition) is 2. The molecule has 2 N–H and O–H groups in total. The van der Waals surface area contributed by atoms with Crippen LogP contribution in [0.5, 0.6) is 0 Å². The van der Waals surface area contributed by atoms with Gasteiger partial charge >= 0.3 is 0 Å². The van der Waals surface area contributed by atoms with Crippen LogP contribution < -0.4 is 15.5 Å². The fraction of sp³-hybridized carbons (Fsp3) is 0.238. The molecule has 0 radical (unpaired) electrons. The molecular weight excluding hydrogens is 322 g/mol. The Morgan fingerprint density at radius 3 is 2.27 bits per heavy atom. The molecule has 0 saturated carbocycles. The topological polar surface area (TPSA) is 53.1 Å². The minimum Gasteiger partial charge on any atom is -0.378 e. The Balaban J connectivity index is 1.82. The summed E-state index contributed by atoms with van der Waals surface area (Å²) < 4.78 is 0. The zero-order valence-corrected chi connectivity index (χ0v) is 16.0. The standard InChI is InChI=1S/C21H25N5/c1-14-7-6-8-19(16(14)3)24-20-13-15(2)22-21(25-20)23-17-9-11-18(12-10-17)26(4)5/h6-13H,1-5H3,(H2,22,23,24,25). The van der Waals surface area contributed by atoms with Crippen LogP contribution in [0.1, 0.15) is 16.8 Å². The molecule has 0 amide bonds. The van der Waals surface area contributed by atoms with Gasteiger partial charge in [-0.25, -0.2) is 4.98 Å². The van der Waals surface area contributed by atoms with Gasteiger partial charge in [0.2, 0.25) is 5.95 Å². The number of nitrogens with zero attached hydrogens (tertiary/aromatic N) is 3. The molecule has 1 heterocycles. The van der Waals surface area contributed by atoms with Crippen molar-refractivity contribution in [2.45, 2.75) is 20.8 Å². The molecule has 3 rings (SSSR count). The van der Waals surface area contributed by atoms with Crippen LogP contribution in [0.3, 0.4) is 0 Å². The van der Waals surface area contributed by atoms with Gasteiger partial charge in [-0.2, -0.15) is 4.98 Å². The van der Waals surface area contributed by atoms with Crippen LogP contribution >= 0.6 is 0 Å². The van der Waals surface area contributed by atoms with Crippen LogP contribution in [0.2, 0.25) is 0 Å². The smallest absolute Gasteiger partial charge is 0.229 e. The number of nitrogens with one attached hydrogen (secondary N) is 2. The van der Waals surface area contributed by atoms with Gasteiger partial charge in [-0.3, -0.25) is 0 Å². The molecule has 0 aliphatic carbocycles. The van der Waals surface area contributed by atoms with Crippen LogP contribution in [-0.4, -0.2) is 24.1 Å². The number of hydrogen-bond acceptors (Lipinski definition) is 5. The van der Waals surface area contributed by atoms with E-state index < -0.39 is 0 Å². The normalized spacial score (nSPS) is 10.5. The molecule has 0 bridgehead atoms. The molecule has 0 aliphatic heterocycles. The molecular formula is C21H25N5. The Bertz CT molecular complexity index is 901. The van der Waals surface area contributed by atoms with Gasteiger partial charge < -0.3 is 15.5 Å². The van der Waals surface area contributed by atoms with Crippen molar-refractivity contribution in [2.24, 2.45) is 0 Å². The van der Waals surface area contributed by atoms with E-state index in [9.17, 15) is 0 Å². The molecule has 3 aromatic rings. The SMILES string of the molecule is Cc1cc(Nc2cccc(C)c2C)nc(Nc2ccc(N(C)C)cc2)n1. The van der Waals surface area contributed by atoms with Crippen LogP contribution in [0, 0.1) is 20.8 Å². The maximum atomic E-state index is 4.61. The maximum absolute atomic E-state index is 4.61. The number of aryl methyl sites for hydroxylation is 2. The fourth-order valence-electron chi connectivity index (χ4n) is 2.68. The van der Waals surface area contributed by atoms with Gasteiger partial charge in [-0.05, 0) is 62.2 Å². The molecule has 5 nitrogen and oxygen atoms in total. The van der Waals surface area contributed by atoms with Crippen molar-refractivity contribution in [1.29, 1.82) is 0 Å². The van der Waals surface area contributed by atoms with Crippen LogP contribution in [0.15, 0.2) is 48.5 Å². The quantitative estimate of drug-likeness (QED) is 0.683. The molecule has 0 aliphatic rings. The summed E-state index contributed by atoms with van der Waals surface area (Å²) in [4.78, 5) is 11.2. The third-order valence-corrected chi connectivity index (χ3v) is 4.36. The second-order valence-corrected chi connectivity index (χ2v) is 6.66. The van der Waals surface area contributed by atoms with Gasteiger partial charge in [0.05, 0.1) is 0 Å². The van der Waals surface area contributed by atoms with E-state index in [1.165, 1.54) is 11.1 Å². The minimum absolute atomic E-state index is 0.579. The Hall–Kier alpha value is -3.08. The summed E-state index contributed by atoms with van der Waals surface area (Å²) in [5.74, 6) is 1.36. The van der Waals surface area contributed by atoms with Gasteiger partial charge in [0.15, 0.2) is 0 Å². The summed E-state index contributed by atoms with van der Waals surface area (Å²) >= 11 is 0. The van der Waals surface area contributed by atoms with Crippen molar-refractivity contribution >= 4 is 28.8 Å². The van der Waals surface area contributed by atoms with Gasteiger partial charge in [-0.1, -0.05) is 12.1 Å². The van der Waals surface area contributed by atoms with E-state index in [1.54, 1.807) is 0 Å². The largest absolute Gasteiger partial charge is 0.378 e. The summed E-state index contributed by atoms with van der Waals surface area (Å²) in [7, 11) is 4.05. The van der Waals surface area contributed by atoms with Crippen molar-refractivity contribution in [1.82, 2.24) is 9.97 Å². The molecule has 0 fully saturated rings. The Morgan fingerprint density at radius 1 is 0.846 bits per heavy atom. The predicted octanol–water partition coefficient (Wildman–Crippen LogP) is 4.96. The first-order chi connectivity index (χ1) is 12.4. The first kappa shape index (κ1) is 17.7. The van der Waals surface area contributed by atoms with Crippen molar-refractivity contribution < 1.29 is 0 Å². The van der Waals surface area contributed by atoms with Crippen LogP contribution in [0.25, 0.3) is 0 Å². The zero-order valence-electron chi connectivity index (χ0n) is 16.0. The number of anilines is 5. The molecule has 2 aromatic carbocycles. The molecule has 5 heteroatoms. The van der Waals surface area contributed by atoms with Crippen molar-refractivity contribution in [3.8, 4) is 0 Å². The third kappa shape index (κ3) is 4.11. The Kier molecular flexibility index (Phi) is 5.07. The van der Waals surface area contributed by atoms with E-state index in [1.807, 2.05) is 45.3 Å². The lowest BCUT2D eigenvalue weighted by Crippen LogP contribution is -2.08. The fourth-order valence-corrected chi connectivity index (χ4v) is 2.68. The molecule has 0 saturated heterocycles. The molecule has 134 valence electrons. The first-order valence-electron chi connectivity index (χ1n) is 8.66. The second kappa shape index (κ2) is 7.44. The van der Waals surface area contributed by atoms with Crippen molar-refractivity contribution in [3.05, 3.63) is 65.4 Å². The van der Waals surface area contributed by atoms with E-state index in [2.05, 4.69) is 63.6 Å². The summed E-state index contributed by atoms with van der Waals surface area (Å²) in [5.41, 5.74) is 6.54. The van der Waals surface area contributed by atoms with E-state index in [4.69, 9.17) is 0 Å². The summed E-state index contributed by atoms with van der Waals surface area (Å²) in [6.07, 6.45) is 0. The van der Waals surface area contributed by atoms with Gasteiger partial charge in [0.25, 0.3) is 0 Å². The Morgan fingerprint density at radius 2 is 1.58 bits per heavy atom. The average Bonchev–Trinajstić information content (AvgIpc) is 2.59. The monoisotopic (exact) mass is 347 g/mol. The molecule has 0 atom stereocenters. The van der Waals surface area contributed by atoms with Crippen molar-refractivity contribution in [3.63, 3.8) is 0 Å². The summed E-state index contributed by atoms with van der Waals surface area (Å²) in [6, 6.07) is 16.3. The highest BCUT2D eigenvalue weighted by Gasteiger charge is 2.06.